The first-order valence-electron chi connectivity index (χ1n) is 6.75. The fraction of sp³-hybridized carbons (Fsp3) is 1.00. The molecule has 0 radical (unpaired) electrons. The van der Waals surface area contributed by atoms with Crippen molar-refractivity contribution in [3.8, 4) is 0 Å². The zero-order valence-corrected chi connectivity index (χ0v) is 8.93. The van der Waals surface area contributed by atoms with Crippen LogP contribution in [0.25, 0.3) is 0 Å². The molecule has 7 fully saturated rings. The van der Waals surface area contributed by atoms with E-state index in [1.165, 1.54) is 61.1 Å². The number of hydrogen-bond donors (Lipinski definition) is 0. The molecule has 0 atom stereocenters. The van der Waals surface area contributed by atoms with Crippen molar-refractivity contribution in [2.75, 3.05) is 32.8 Å². The summed E-state index contributed by atoms with van der Waals surface area (Å²) in [7, 11) is 0. The predicted molar refractivity (Wildman–Crippen MR) is 54.1 cm³/mol. The van der Waals surface area contributed by atoms with Crippen LogP contribution in [0.5, 0.6) is 0 Å². The first kappa shape index (κ1) is 7.29. The van der Waals surface area contributed by atoms with Gasteiger partial charge in [-0.1, -0.05) is 0 Å². The van der Waals surface area contributed by atoms with Gasteiger partial charge in [0.15, 0.2) is 0 Å². The van der Waals surface area contributed by atoms with E-state index < -0.39 is 0 Å². The van der Waals surface area contributed by atoms with Crippen molar-refractivity contribution in [1.29, 1.82) is 0 Å². The first-order chi connectivity index (χ1) is 7.44. The predicted octanol–water partition coefficient (Wildman–Crippen LogP) is 0.686. The molecule has 0 aromatic rings. The summed E-state index contributed by atoms with van der Waals surface area (Å²) in [6.45, 7) is 5.82. The number of nitrogens with zero attached hydrogens (tertiary/aromatic N) is 1. The van der Waals surface area contributed by atoms with Gasteiger partial charge in [-0.05, 0) is 46.8 Å². The van der Waals surface area contributed by atoms with E-state index in [0.717, 1.165) is 18.6 Å². The highest BCUT2D eigenvalue weighted by Crippen LogP contribution is 3.05. The van der Waals surface area contributed by atoms with E-state index in [2.05, 4.69) is 4.90 Å². The minimum absolute atomic E-state index is 0.895. The summed E-state index contributed by atoms with van der Waals surface area (Å²) >= 11 is 0. The van der Waals surface area contributed by atoms with Gasteiger partial charge in [0.1, 0.15) is 0 Å². The molecular formula is C13H17NO. The molecule has 0 aromatic heterocycles. The third kappa shape index (κ3) is 0.442. The summed E-state index contributed by atoms with van der Waals surface area (Å²) in [6, 6.07) is 0. The Balaban J connectivity index is 1.29. The molecule has 7 rings (SSSR count). The number of rotatable bonds is 2. The Kier molecular flexibility index (Phi) is 0.875. The van der Waals surface area contributed by atoms with Crippen LogP contribution in [0, 0.1) is 46.8 Å². The lowest BCUT2D eigenvalue weighted by Gasteiger charge is -3.08. The molecule has 6 aliphatic carbocycles. The van der Waals surface area contributed by atoms with E-state index in [1.54, 1.807) is 0 Å². The minimum atomic E-state index is 0.895. The van der Waals surface area contributed by atoms with Gasteiger partial charge in [-0.15, -0.1) is 0 Å². The van der Waals surface area contributed by atoms with Gasteiger partial charge in [-0.2, -0.15) is 0 Å². The highest BCUT2D eigenvalue weighted by molar-refractivity contribution is 5.50. The van der Waals surface area contributed by atoms with Gasteiger partial charge in [0.2, 0.25) is 0 Å². The van der Waals surface area contributed by atoms with E-state index in [-0.39, 0.29) is 0 Å². The van der Waals surface area contributed by atoms with Crippen LogP contribution in [-0.4, -0.2) is 37.7 Å². The molecule has 0 unspecified atom stereocenters. The standard InChI is InChI=1S/C13H17NO/c1-3-15-4-2-14(1)5-13-10-7-6-8(10)12(13)9(6)11(7)13/h6-12H,1-5H2. The van der Waals surface area contributed by atoms with E-state index in [0.29, 0.717) is 0 Å². The Labute approximate surface area is 90.0 Å². The van der Waals surface area contributed by atoms with Crippen LogP contribution in [0.2, 0.25) is 0 Å². The molecule has 15 heavy (non-hydrogen) atoms. The van der Waals surface area contributed by atoms with Crippen molar-refractivity contribution < 1.29 is 4.74 Å². The molecule has 6 saturated carbocycles. The Morgan fingerprint density at radius 1 is 0.933 bits per heavy atom. The van der Waals surface area contributed by atoms with E-state index in [9.17, 15) is 0 Å². The number of hydrogen-bond acceptors (Lipinski definition) is 2. The topological polar surface area (TPSA) is 12.5 Å². The van der Waals surface area contributed by atoms with Gasteiger partial charge < -0.3 is 4.74 Å². The van der Waals surface area contributed by atoms with Crippen molar-refractivity contribution in [3.63, 3.8) is 0 Å². The van der Waals surface area contributed by atoms with Gasteiger partial charge in [0, 0.05) is 19.6 Å². The third-order valence-electron chi connectivity index (χ3n) is 7.28. The normalized spacial score (nSPS) is 75.6. The lowest BCUT2D eigenvalue weighted by molar-refractivity contribution is -0.615. The molecule has 0 spiro atoms. The van der Waals surface area contributed by atoms with Crippen molar-refractivity contribution in [2.45, 2.75) is 0 Å². The lowest BCUT2D eigenvalue weighted by atomic mass is 8.96. The SMILES string of the molecule is C1CN(CC23C4C5C6C4C2C6C53)CCO1. The molecule has 1 saturated heterocycles. The molecule has 7 aliphatic rings. The van der Waals surface area contributed by atoms with Crippen LogP contribution in [0.3, 0.4) is 0 Å². The van der Waals surface area contributed by atoms with Gasteiger partial charge in [0.25, 0.3) is 0 Å². The quantitative estimate of drug-likeness (QED) is 0.654. The average Bonchev–Trinajstić information content (AvgIpc) is 2.31. The summed E-state index contributed by atoms with van der Waals surface area (Å²) in [6.07, 6.45) is 0. The molecule has 2 nitrogen and oxygen atoms in total. The summed E-state index contributed by atoms with van der Waals surface area (Å²) in [5.74, 6) is 8.72. The molecule has 1 heterocycles. The van der Waals surface area contributed by atoms with Crippen LogP contribution in [-0.2, 0) is 4.74 Å². The molecule has 0 aromatic carbocycles. The second-order valence-electron chi connectivity index (χ2n) is 6.89. The van der Waals surface area contributed by atoms with E-state index in [4.69, 9.17) is 4.74 Å². The van der Waals surface area contributed by atoms with Gasteiger partial charge >= 0.3 is 0 Å². The maximum Gasteiger partial charge on any atom is 0.0594 e. The molecule has 0 N–H and O–H groups in total. The van der Waals surface area contributed by atoms with Crippen LogP contribution >= 0.6 is 0 Å². The third-order valence-corrected chi connectivity index (χ3v) is 7.28. The fourth-order valence-electron chi connectivity index (χ4n) is 7.13. The Morgan fingerprint density at radius 3 is 2.13 bits per heavy atom. The Hall–Kier alpha value is -0.0800. The Bertz CT molecular complexity index is 322. The van der Waals surface area contributed by atoms with Crippen LogP contribution in [0.15, 0.2) is 0 Å². The summed E-state index contributed by atoms with van der Waals surface area (Å²) in [4.78, 5) is 2.70. The summed E-state index contributed by atoms with van der Waals surface area (Å²) in [5, 5.41) is 0. The van der Waals surface area contributed by atoms with Crippen LogP contribution in [0.1, 0.15) is 0 Å². The van der Waals surface area contributed by atoms with Gasteiger partial charge in [0.05, 0.1) is 13.2 Å². The van der Waals surface area contributed by atoms with Crippen molar-refractivity contribution >= 4 is 0 Å². The summed E-state index contributed by atoms with van der Waals surface area (Å²) < 4.78 is 5.44. The number of morpholine rings is 1. The molecule has 80 valence electrons. The van der Waals surface area contributed by atoms with E-state index in [1.807, 2.05) is 0 Å². The smallest absolute Gasteiger partial charge is 0.0594 e. The Morgan fingerprint density at radius 2 is 1.53 bits per heavy atom. The molecule has 2 heteroatoms. The van der Waals surface area contributed by atoms with Crippen LogP contribution in [0.4, 0.5) is 0 Å². The second kappa shape index (κ2) is 1.80. The van der Waals surface area contributed by atoms with Crippen molar-refractivity contribution in [1.82, 2.24) is 4.90 Å². The average molecular weight is 203 g/mol. The first-order valence-corrected chi connectivity index (χ1v) is 6.75. The van der Waals surface area contributed by atoms with Gasteiger partial charge in [-0.25, -0.2) is 0 Å². The monoisotopic (exact) mass is 203 g/mol. The van der Waals surface area contributed by atoms with Crippen molar-refractivity contribution in [2.24, 2.45) is 46.8 Å². The molecule has 1 aliphatic heterocycles. The van der Waals surface area contributed by atoms with Crippen molar-refractivity contribution in [3.05, 3.63) is 0 Å². The molecule has 0 bridgehead atoms. The maximum atomic E-state index is 5.44. The second-order valence-corrected chi connectivity index (χ2v) is 6.89. The molecular weight excluding hydrogens is 186 g/mol. The lowest BCUT2D eigenvalue weighted by Crippen LogP contribution is -3.06. The van der Waals surface area contributed by atoms with E-state index >= 15 is 0 Å². The largest absolute Gasteiger partial charge is 0.379 e. The fourth-order valence-corrected chi connectivity index (χ4v) is 7.13. The highest BCUT2D eigenvalue weighted by Gasteiger charge is 3.03. The molecule has 0 amide bonds. The number of ether oxygens (including phenoxy) is 1. The zero-order chi connectivity index (χ0) is 9.36. The van der Waals surface area contributed by atoms with Gasteiger partial charge in [-0.3, -0.25) is 4.90 Å². The highest BCUT2D eigenvalue weighted by atomic mass is 16.5. The zero-order valence-electron chi connectivity index (χ0n) is 8.93. The summed E-state index contributed by atoms with van der Waals surface area (Å²) in [5.41, 5.74) is 0.895. The van der Waals surface area contributed by atoms with Crippen LogP contribution < -0.4 is 0 Å². The minimum Gasteiger partial charge on any atom is -0.379 e. The maximum absolute atomic E-state index is 5.44.